The number of morpholine rings is 1. The number of carbonyl (C=O) groups is 2. The minimum atomic E-state index is -0.218. The predicted molar refractivity (Wildman–Crippen MR) is 53.5 cm³/mol. The third-order valence-corrected chi connectivity index (χ3v) is 2.37. The Balaban J connectivity index is 2.21. The van der Waals surface area contributed by atoms with Crippen molar-refractivity contribution in [2.24, 2.45) is 0 Å². The van der Waals surface area contributed by atoms with Gasteiger partial charge in [-0.3, -0.25) is 9.59 Å². The number of amides is 1. The molecule has 0 bridgehead atoms. The van der Waals surface area contributed by atoms with Crippen LogP contribution in [-0.4, -0.2) is 25.3 Å². The molecule has 1 aromatic carbocycles. The Bertz CT molecular complexity index is 379. The molecule has 1 fully saturated rings. The normalized spacial score (nSPS) is 20.8. The molecular weight excluding hydrogens is 194 g/mol. The topological polar surface area (TPSA) is 55.4 Å². The molecule has 0 aliphatic carbocycles. The summed E-state index contributed by atoms with van der Waals surface area (Å²) in [5.74, 6) is -0.116. The molecule has 4 nitrogen and oxygen atoms in total. The molecule has 1 atom stereocenters. The number of hydrogen-bond acceptors (Lipinski definition) is 3. The van der Waals surface area contributed by atoms with E-state index in [1.54, 1.807) is 12.1 Å². The highest BCUT2D eigenvalue weighted by Gasteiger charge is 2.21. The number of hydrogen-bond donors (Lipinski definition) is 1. The molecule has 0 spiro atoms. The average molecular weight is 205 g/mol. The first-order valence-corrected chi connectivity index (χ1v) is 4.73. The van der Waals surface area contributed by atoms with E-state index in [0.717, 1.165) is 11.8 Å². The van der Waals surface area contributed by atoms with Gasteiger partial charge in [0.25, 0.3) is 0 Å². The van der Waals surface area contributed by atoms with E-state index in [2.05, 4.69) is 5.32 Å². The molecule has 2 rings (SSSR count). The molecular formula is C11H11NO3. The fourth-order valence-corrected chi connectivity index (χ4v) is 1.60. The second kappa shape index (κ2) is 4.23. The summed E-state index contributed by atoms with van der Waals surface area (Å²) in [6.45, 7) is 0.474. The largest absolute Gasteiger partial charge is 0.362 e. The van der Waals surface area contributed by atoms with E-state index in [1.807, 2.05) is 12.1 Å². The molecule has 1 unspecified atom stereocenters. The lowest BCUT2D eigenvalue weighted by molar-refractivity contribution is -0.133. The minimum Gasteiger partial charge on any atom is -0.362 e. The van der Waals surface area contributed by atoms with Crippen molar-refractivity contribution in [3.63, 3.8) is 0 Å². The van der Waals surface area contributed by atoms with Crippen LogP contribution in [-0.2, 0) is 9.53 Å². The highest BCUT2D eigenvalue weighted by molar-refractivity contribution is 5.79. The lowest BCUT2D eigenvalue weighted by Gasteiger charge is -2.24. The van der Waals surface area contributed by atoms with Crippen molar-refractivity contribution in [3.8, 4) is 0 Å². The minimum absolute atomic E-state index is 0.0534. The van der Waals surface area contributed by atoms with Gasteiger partial charge in [-0.25, -0.2) is 0 Å². The average Bonchev–Trinajstić information content (AvgIpc) is 2.30. The quantitative estimate of drug-likeness (QED) is 0.722. The number of rotatable bonds is 2. The summed E-state index contributed by atoms with van der Waals surface area (Å²) in [5.41, 5.74) is 1.44. The van der Waals surface area contributed by atoms with Crippen LogP contribution in [0.4, 0.5) is 0 Å². The monoisotopic (exact) mass is 205 g/mol. The molecule has 1 N–H and O–H groups in total. The van der Waals surface area contributed by atoms with Gasteiger partial charge in [0.1, 0.15) is 19.0 Å². The van der Waals surface area contributed by atoms with Gasteiger partial charge in [0, 0.05) is 12.1 Å². The Kier molecular flexibility index (Phi) is 2.78. The van der Waals surface area contributed by atoms with Crippen LogP contribution < -0.4 is 5.32 Å². The van der Waals surface area contributed by atoms with E-state index in [4.69, 9.17) is 4.74 Å². The molecule has 0 radical (unpaired) electrons. The first kappa shape index (κ1) is 9.86. The SMILES string of the molecule is O=Cc1ccccc1C1CNC(=O)CO1. The van der Waals surface area contributed by atoms with Crippen molar-refractivity contribution in [1.82, 2.24) is 5.32 Å². The number of aldehydes is 1. The summed E-state index contributed by atoms with van der Waals surface area (Å²) in [6.07, 6.45) is 0.582. The maximum atomic E-state index is 10.9. The summed E-state index contributed by atoms with van der Waals surface area (Å²) < 4.78 is 5.35. The van der Waals surface area contributed by atoms with Crippen molar-refractivity contribution < 1.29 is 14.3 Å². The lowest BCUT2D eigenvalue weighted by Crippen LogP contribution is -2.38. The molecule has 0 saturated carbocycles. The van der Waals surface area contributed by atoms with E-state index >= 15 is 0 Å². The molecule has 78 valence electrons. The molecule has 1 heterocycles. The summed E-state index contributed by atoms with van der Waals surface area (Å²) in [5, 5.41) is 2.70. The van der Waals surface area contributed by atoms with E-state index in [1.165, 1.54) is 0 Å². The van der Waals surface area contributed by atoms with Gasteiger partial charge in [-0.15, -0.1) is 0 Å². The Hall–Kier alpha value is -1.68. The third kappa shape index (κ3) is 2.05. The Labute approximate surface area is 87.2 Å². The molecule has 4 heteroatoms. The van der Waals surface area contributed by atoms with Gasteiger partial charge in [0.05, 0.1) is 0 Å². The number of carbonyl (C=O) groups excluding carboxylic acids is 2. The van der Waals surface area contributed by atoms with Gasteiger partial charge in [-0.2, -0.15) is 0 Å². The Morgan fingerprint density at radius 2 is 2.20 bits per heavy atom. The van der Waals surface area contributed by atoms with Crippen LogP contribution in [0, 0.1) is 0 Å². The zero-order valence-electron chi connectivity index (χ0n) is 8.10. The standard InChI is InChI=1S/C11H11NO3/c13-6-8-3-1-2-4-9(8)10-5-12-11(14)7-15-10/h1-4,6,10H,5,7H2,(H,12,14). The Morgan fingerprint density at radius 3 is 2.87 bits per heavy atom. The van der Waals surface area contributed by atoms with E-state index < -0.39 is 0 Å². The van der Waals surface area contributed by atoms with Gasteiger partial charge < -0.3 is 10.1 Å². The predicted octanol–water partition coefficient (Wildman–Crippen LogP) is 0.687. The highest BCUT2D eigenvalue weighted by atomic mass is 16.5. The second-order valence-corrected chi connectivity index (χ2v) is 3.35. The van der Waals surface area contributed by atoms with Crippen molar-refractivity contribution in [1.29, 1.82) is 0 Å². The van der Waals surface area contributed by atoms with Crippen LogP contribution in [0.1, 0.15) is 22.0 Å². The van der Waals surface area contributed by atoms with Gasteiger partial charge in [-0.1, -0.05) is 24.3 Å². The van der Waals surface area contributed by atoms with E-state index in [9.17, 15) is 9.59 Å². The van der Waals surface area contributed by atoms with Gasteiger partial charge in [-0.05, 0) is 5.56 Å². The van der Waals surface area contributed by atoms with Crippen LogP contribution in [0.5, 0.6) is 0 Å². The summed E-state index contributed by atoms with van der Waals surface area (Å²) in [6, 6.07) is 7.23. The van der Waals surface area contributed by atoms with Crippen LogP contribution in [0.25, 0.3) is 0 Å². The maximum Gasteiger partial charge on any atom is 0.246 e. The first-order chi connectivity index (χ1) is 7.31. The number of nitrogens with one attached hydrogen (secondary N) is 1. The van der Waals surface area contributed by atoms with E-state index in [0.29, 0.717) is 12.1 Å². The van der Waals surface area contributed by atoms with Crippen LogP contribution >= 0.6 is 0 Å². The van der Waals surface area contributed by atoms with Crippen molar-refractivity contribution in [2.45, 2.75) is 6.10 Å². The van der Waals surface area contributed by atoms with Gasteiger partial charge >= 0.3 is 0 Å². The molecule has 1 aromatic rings. The zero-order chi connectivity index (χ0) is 10.7. The van der Waals surface area contributed by atoms with Crippen molar-refractivity contribution in [2.75, 3.05) is 13.2 Å². The zero-order valence-corrected chi connectivity index (χ0v) is 8.10. The smallest absolute Gasteiger partial charge is 0.246 e. The van der Waals surface area contributed by atoms with Crippen molar-refractivity contribution in [3.05, 3.63) is 35.4 Å². The van der Waals surface area contributed by atoms with Crippen LogP contribution in [0.15, 0.2) is 24.3 Å². The van der Waals surface area contributed by atoms with Crippen LogP contribution in [0.3, 0.4) is 0 Å². The Morgan fingerprint density at radius 1 is 1.40 bits per heavy atom. The highest BCUT2D eigenvalue weighted by Crippen LogP contribution is 2.21. The molecule has 15 heavy (non-hydrogen) atoms. The van der Waals surface area contributed by atoms with Gasteiger partial charge in [0.2, 0.25) is 5.91 Å². The maximum absolute atomic E-state index is 10.9. The second-order valence-electron chi connectivity index (χ2n) is 3.35. The fraction of sp³-hybridized carbons (Fsp3) is 0.273. The summed E-state index contributed by atoms with van der Waals surface area (Å²) in [4.78, 5) is 21.7. The van der Waals surface area contributed by atoms with Gasteiger partial charge in [0.15, 0.2) is 0 Å². The molecule has 1 aliphatic rings. The third-order valence-electron chi connectivity index (χ3n) is 2.37. The molecule has 1 aliphatic heterocycles. The van der Waals surface area contributed by atoms with E-state index in [-0.39, 0.29) is 18.6 Å². The first-order valence-electron chi connectivity index (χ1n) is 4.73. The number of benzene rings is 1. The molecule has 0 aromatic heterocycles. The van der Waals surface area contributed by atoms with Crippen molar-refractivity contribution >= 4 is 12.2 Å². The summed E-state index contributed by atoms with van der Waals surface area (Å²) >= 11 is 0. The lowest BCUT2D eigenvalue weighted by atomic mass is 10.0. The fourth-order valence-electron chi connectivity index (χ4n) is 1.60. The molecule has 1 amide bonds. The van der Waals surface area contributed by atoms with Crippen LogP contribution in [0.2, 0.25) is 0 Å². The molecule has 1 saturated heterocycles. The summed E-state index contributed by atoms with van der Waals surface area (Å²) in [7, 11) is 0. The number of ether oxygens (including phenoxy) is 1.